The summed E-state index contributed by atoms with van der Waals surface area (Å²) < 4.78 is 91.3. The van der Waals surface area contributed by atoms with Gasteiger partial charge in [-0.05, 0) is 83.5 Å². The van der Waals surface area contributed by atoms with Crippen LogP contribution in [0.25, 0.3) is 11.1 Å². The molecule has 216 valence electrons. The van der Waals surface area contributed by atoms with E-state index in [9.17, 15) is 31.1 Å². The molecule has 0 fully saturated rings. The van der Waals surface area contributed by atoms with E-state index in [4.69, 9.17) is 9.47 Å². The van der Waals surface area contributed by atoms with Gasteiger partial charge in [0.05, 0.1) is 18.2 Å². The average molecular weight is 568 g/mol. The number of alkyl carbamates (subject to hydrolysis) is 1. The smallest absolute Gasteiger partial charge is 0.416 e. The van der Waals surface area contributed by atoms with Crippen LogP contribution in [-0.2, 0) is 30.1 Å². The van der Waals surface area contributed by atoms with Gasteiger partial charge in [-0.3, -0.25) is 0 Å². The highest BCUT2D eigenvalue weighted by Gasteiger charge is 2.33. The molecule has 10 heteroatoms. The molecule has 1 N–H and O–H groups in total. The zero-order chi connectivity index (χ0) is 29.8. The van der Waals surface area contributed by atoms with Crippen LogP contribution in [0.15, 0.2) is 54.6 Å². The van der Waals surface area contributed by atoms with Crippen LogP contribution in [0.1, 0.15) is 73.1 Å². The maximum atomic E-state index is 13.5. The van der Waals surface area contributed by atoms with Crippen LogP contribution in [0, 0.1) is 0 Å². The van der Waals surface area contributed by atoms with Gasteiger partial charge in [0.15, 0.2) is 0 Å². The van der Waals surface area contributed by atoms with Gasteiger partial charge in [-0.1, -0.05) is 39.0 Å². The molecule has 1 atom stereocenters. The number of amides is 1. The third-order valence-corrected chi connectivity index (χ3v) is 6.54. The zero-order valence-corrected chi connectivity index (χ0v) is 22.8. The number of hydrogen-bond acceptors (Lipinski definition) is 3. The Morgan fingerprint density at radius 2 is 1.50 bits per heavy atom. The van der Waals surface area contributed by atoms with E-state index in [1.165, 1.54) is 26.2 Å². The molecule has 40 heavy (non-hydrogen) atoms. The second-order valence-corrected chi connectivity index (χ2v) is 9.70. The first-order valence-electron chi connectivity index (χ1n) is 12.7. The third-order valence-electron chi connectivity index (χ3n) is 6.54. The summed E-state index contributed by atoms with van der Waals surface area (Å²) in [6, 6.07) is 12.1. The molecule has 1 unspecified atom stereocenters. The van der Waals surface area contributed by atoms with Crippen LogP contribution in [0.4, 0.5) is 31.1 Å². The van der Waals surface area contributed by atoms with Crippen LogP contribution in [0.5, 0.6) is 5.75 Å². The van der Waals surface area contributed by atoms with Gasteiger partial charge < -0.3 is 14.8 Å². The lowest BCUT2D eigenvalue weighted by Crippen LogP contribution is -2.25. The number of rotatable bonds is 8. The largest absolute Gasteiger partial charge is 0.496 e. The van der Waals surface area contributed by atoms with Crippen molar-refractivity contribution in [3.05, 3.63) is 88.0 Å². The Hall–Kier alpha value is -3.69. The highest BCUT2D eigenvalue weighted by molar-refractivity contribution is 5.75. The Kier molecular flexibility index (Phi) is 9.43. The van der Waals surface area contributed by atoms with Crippen molar-refractivity contribution < 1.29 is 40.6 Å². The maximum Gasteiger partial charge on any atom is 0.416 e. The summed E-state index contributed by atoms with van der Waals surface area (Å²) in [7, 11) is 1.45. The molecule has 0 bridgehead atoms. The monoisotopic (exact) mass is 567 g/mol. The fraction of sp³-hybridized carbons (Fsp3) is 0.367. The Bertz CT molecular complexity index is 1350. The van der Waals surface area contributed by atoms with Gasteiger partial charge in [0, 0.05) is 12.1 Å². The molecule has 0 aromatic heterocycles. The van der Waals surface area contributed by atoms with Crippen molar-refractivity contribution in [2.24, 2.45) is 0 Å². The van der Waals surface area contributed by atoms with Crippen molar-refractivity contribution in [3.8, 4) is 16.9 Å². The lowest BCUT2D eigenvalue weighted by molar-refractivity contribution is -0.138. The van der Waals surface area contributed by atoms with Crippen LogP contribution in [0.2, 0.25) is 0 Å². The number of hydrogen-bond donors (Lipinski definition) is 1. The van der Waals surface area contributed by atoms with Gasteiger partial charge in [0.1, 0.15) is 11.9 Å². The molecule has 0 saturated heterocycles. The minimum Gasteiger partial charge on any atom is -0.496 e. The first-order valence-corrected chi connectivity index (χ1v) is 12.7. The number of ether oxygens (including phenoxy) is 2. The number of nitrogens with one attached hydrogen (secondary N) is 1. The second kappa shape index (κ2) is 12.2. The average Bonchev–Trinajstić information content (AvgIpc) is 2.89. The Morgan fingerprint density at radius 3 is 2.08 bits per heavy atom. The van der Waals surface area contributed by atoms with Gasteiger partial charge >= 0.3 is 18.4 Å². The standard InChI is InChI=1S/C30H31F6NO3/c1-6-19-11-21(13-24(12-19)30(34,35)36)18(4)40-28(38)37-16-22-14-23(29(31,32)33)8-9-25(22)26-15-20(17(2)3)7-10-27(26)39-5/h7-15,17-18H,6,16H2,1-5H3,(H,37,38). The molecule has 3 aromatic carbocycles. The van der Waals surface area contributed by atoms with Crippen LogP contribution in [-0.4, -0.2) is 13.2 Å². The van der Waals surface area contributed by atoms with Crippen LogP contribution < -0.4 is 10.1 Å². The summed E-state index contributed by atoms with van der Waals surface area (Å²) in [5.41, 5.74) is 0.891. The predicted octanol–water partition coefficient (Wildman–Crippen LogP) is 9.07. The van der Waals surface area contributed by atoms with E-state index < -0.39 is 35.7 Å². The van der Waals surface area contributed by atoms with Crippen molar-refractivity contribution in [1.82, 2.24) is 5.32 Å². The van der Waals surface area contributed by atoms with E-state index in [2.05, 4.69) is 5.32 Å². The topological polar surface area (TPSA) is 47.6 Å². The zero-order valence-electron chi connectivity index (χ0n) is 22.8. The summed E-state index contributed by atoms with van der Waals surface area (Å²) in [5.74, 6) is 0.582. The molecule has 0 radical (unpaired) electrons. The van der Waals surface area contributed by atoms with Crippen molar-refractivity contribution in [3.63, 3.8) is 0 Å². The summed E-state index contributed by atoms with van der Waals surface area (Å²) in [6.07, 6.45) is -10.9. The molecule has 4 nitrogen and oxygen atoms in total. The molecule has 0 aliphatic heterocycles. The van der Waals surface area contributed by atoms with Gasteiger partial charge in [0.25, 0.3) is 0 Å². The quantitative estimate of drug-likeness (QED) is 0.276. The minimum atomic E-state index is -4.62. The molecule has 3 rings (SSSR count). The van der Waals surface area contributed by atoms with E-state index >= 15 is 0 Å². The molecular weight excluding hydrogens is 536 g/mol. The van der Waals surface area contributed by atoms with E-state index in [0.29, 0.717) is 28.9 Å². The van der Waals surface area contributed by atoms with E-state index in [-0.39, 0.29) is 23.6 Å². The van der Waals surface area contributed by atoms with Crippen LogP contribution >= 0.6 is 0 Å². The number of carbonyl (C=O) groups excluding carboxylic acids is 1. The molecule has 0 aliphatic carbocycles. The molecular formula is C30H31F6NO3. The molecule has 0 saturated carbocycles. The minimum absolute atomic E-state index is 0.140. The lowest BCUT2D eigenvalue weighted by Gasteiger charge is -2.19. The fourth-order valence-corrected chi connectivity index (χ4v) is 4.23. The highest BCUT2D eigenvalue weighted by atomic mass is 19.4. The van der Waals surface area contributed by atoms with E-state index in [1.54, 1.807) is 13.0 Å². The first kappa shape index (κ1) is 30.8. The number of aryl methyl sites for hydroxylation is 1. The van der Waals surface area contributed by atoms with Gasteiger partial charge in [-0.15, -0.1) is 0 Å². The van der Waals surface area contributed by atoms with Crippen LogP contribution in [0.3, 0.4) is 0 Å². The molecule has 1 amide bonds. The van der Waals surface area contributed by atoms with E-state index in [0.717, 1.165) is 29.8 Å². The number of alkyl halides is 6. The number of carbonyl (C=O) groups is 1. The SMILES string of the molecule is CCc1cc(C(C)OC(=O)NCc2cc(C(F)(F)F)ccc2-c2cc(C(C)C)ccc2OC)cc(C(F)(F)F)c1. The Labute approximate surface area is 229 Å². The van der Waals surface area contributed by atoms with Crippen molar-refractivity contribution in [2.45, 2.75) is 65.0 Å². The third kappa shape index (κ3) is 7.49. The highest BCUT2D eigenvalue weighted by Crippen LogP contribution is 2.38. The molecule has 0 spiro atoms. The fourth-order valence-electron chi connectivity index (χ4n) is 4.23. The van der Waals surface area contributed by atoms with Crippen molar-refractivity contribution in [2.75, 3.05) is 7.11 Å². The number of benzene rings is 3. The summed E-state index contributed by atoms with van der Waals surface area (Å²) in [6.45, 7) is 6.75. The van der Waals surface area contributed by atoms with Crippen molar-refractivity contribution in [1.29, 1.82) is 0 Å². The summed E-state index contributed by atoms with van der Waals surface area (Å²) in [5, 5.41) is 2.45. The van der Waals surface area contributed by atoms with Gasteiger partial charge in [0.2, 0.25) is 0 Å². The molecule has 0 heterocycles. The predicted molar refractivity (Wildman–Crippen MR) is 140 cm³/mol. The van der Waals surface area contributed by atoms with E-state index in [1.807, 2.05) is 26.0 Å². The van der Waals surface area contributed by atoms with Gasteiger partial charge in [-0.25, -0.2) is 4.79 Å². The Morgan fingerprint density at radius 1 is 0.825 bits per heavy atom. The normalized spacial score (nSPS) is 12.8. The number of methoxy groups -OCH3 is 1. The first-order chi connectivity index (χ1) is 18.6. The summed E-state index contributed by atoms with van der Waals surface area (Å²) >= 11 is 0. The molecule has 3 aromatic rings. The lowest BCUT2D eigenvalue weighted by atomic mass is 9.92. The van der Waals surface area contributed by atoms with Crippen molar-refractivity contribution >= 4 is 6.09 Å². The Balaban J connectivity index is 1.90. The number of halogens is 6. The summed E-state index contributed by atoms with van der Waals surface area (Å²) in [4.78, 5) is 12.6. The maximum absolute atomic E-state index is 13.5. The second-order valence-electron chi connectivity index (χ2n) is 9.70. The van der Waals surface area contributed by atoms with Gasteiger partial charge in [-0.2, -0.15) is 26.3 Å². The molecule has 0 aliphatic rings.